The monoisotopic (exact) mass is 174 g/mol. The van der Waals surface area contributed by atoms with E-state index in [9.17, 15) is 0 Å². The van der Waals surface area contributed by atoms with Crippen LogP contribution < -0.4 is 10.6 Å². The van der Waals surface area contributed by atoms with Gasteiger partial charge in [-0.3, -0.25) is 0 Å². The number of rotatable bonds is 0. The number of piperidine rings is 1. The van der Waals surface area contributed by atoms with E-state index >= 15 is 0 Å². The first-order valence-electron chi connectivity index (χ1n) is 5.01. The molecule has 1 fully saturated rings. The first kappa shape index (κ1) is 7.39. The molecule has 3 rings (SSSR count). The standard InChI is InChI=1S/C11H14N2/c1-2-4-10-8(3-1)9-7-12-6-5-11(9)13-10/h1-4,9,11-13H,5-7H2/t9-,11+/m1/s1. The fourth-order valence-corrected chi connectivity index (χ4v) is 2.51. The van der Waals surface area contributed by atoms with Gasteiger partial charge in [0.05, 0.1) is 0 Å². The molecule has 2 aliphatic heterocycles. The number of hydrogen-bond acceptors (Lipinski definition) is 2. The lowest BCUT2D eigenvalue weighted by atomic mass is 9.91. The molecular formula is C11H14N2. The Morgan fingerprint density at radius 3 is 3.15 bits per heavy atom. The van der Waals surface area contributed by atoms with E-state index in [4.69, 9.17) is 0 Å². The van der Waals surface area contributed by atoms with Crippen molar-refractivity contribution in [2.24, 2.45) is 0 Å². The zero-order valence-corrected chi connectivity index (χ0v) is 7.59. The summed E-state index contributed by atoms with van der Waals surface area (Å²) in [6.07, 6.45) is 1.25. The lowest BCUT2D eigenvalue weighted by Crippen LogP contribution is -2.38. The van der Waals surface area contributed by atoms with Crippen molar-refractivity contribution in [2.75, 3.05) is 18.4 Å². The normalized spacial score (nSPS) is 30.5. The van der Waals surface area contributed by atoms with Gasteiger partial charge < -0.3 is 10.6 Å². The maximum absolute atomic E-state index is 3.60. The molecule has 2 N–H and O–H groups in total. The molecule has 0 spiro atoms. The van der Waals surface area contributed by atoms with Gasteiger partial charge in [0, 0.05) is 24.2 Å². The van der Waals surface area contributed by atoms with Gasteiger partial charge in [-0.25, -0.2) is 0 Å². The SMILES string of the molecule is c1ccc2c(c1)N[C@H]1CCNC[C@H]21. The van der Waals surface area contributed by atoms with Crippen LogP contribution in [0.25, 0.3) is 0 Å². The number of nitrogens with one attached hydrogen (secondary N) is 2. The Hall–Kier alpha value is -1.02. The highest BCUT2D eigenvalue weighted by atomic mass is 15.0. The van der Waals surface area contributed by atoms with Crippen LogP contribution in [0, 0.1) is 0 Å². The van der Waals surface area contributed by atoms with Crippen LogP contribution in [0.2, 0.25) is 0 Å². The molecule has 2 atom stereocenters. The van der Waals surface area contributed by atoms with Crippen molar-refractivity contribution < 1.29 is 0 Å². The van der Waals surface area contributed by atoms with E-state index < -0.39 is 0 Å². The lowest BCUT2D eigenvalue weighted by molar-refractivity contribution is 0.440. The molecular weight excluding hydrogens is 160 g/mol. The van der Waals surface area contributed by atoms with Gasteiger partial charge >= 0.3 is 0 Å². The Morgan fingerprint density at radius 1 is 1.23 bits per heavy atom. The fourth-order valence-electron chi connectivity index (χ4n) is 2.51. The molecule has 0 saturated carbocycles. The Balaban J connectivity index is 2.01. The Kier molecular flexibility index (Phi) is 1.56. The summed E-state index contributed by atoms with van der Waals surface area (Å²) < 4.78 is 0. The Bertz CT molecular complexity index is 322. The summed E-state index contributed by atoms with van der Waals surface area (Å²) in [5.74, 6) is 0.699. The minimum absolute atomic E-state index is 0.679. The summed E-state index contributed by atoms with van der Waals surface area (Å²) in [6, 6.07) is 9.36. The van der Waals surface area contributed by atoms with Gasteiger partial charge in [-0.05, 0) is 24.6 Å². The number of para-hydroxylation sites is 1. The van der Waals surface area contributed by atoms with Crippen molar-refractivity contribution in [2.45, 2.75) is 18.4 Å². The first-order chi connectivity index (χ1) is 6.45. The predicted molar refractivity (Wildman–Crippen MR) is 54.1 cm³/mol. The van der Waals surface area contributed by atoms with Gasteiger partial charge in [0.1, 0.15) is 0 Å². The van der Waals surface area contributed by atoms with Gasteiger partial charge in [0.25, 0.3) is 0 Å². The number of benzene rings is 1. The summed E-state index contributed by atoms with van der Waals surface area (Å²) in [7, 11) is 0. The van der Waals surface area contributed by atoms with Gasteiger partial charge in [-0.1, -0.05) is 18.2 Å². The third kappa shape index (κ3) is 1.05. The molecule has 0 aromatic heterocycles. The quantitative estimate of drug-likeness (QED) is 0.623. The van der Waals surface area contributed by atoms with Crippen LogP contribution in [0.1, 0.15) is 17.9 Å². The Labute approximate surface area is 78.3 Å². The summed E-state index contributed by atoms with van der Waals surface area (Å²) in [4.78, 5) is 0. The minimum Gasteiger partial charge on any atom is -0.381 e. The van der Waals surface area contributed by atoms with E-state index in [-0.39, 0.29) is 0 Å². The highest BCUT2D eigenvalue weighted by molar-refractivity contribution is 5.59. The van der Waals surface area contributed by atoms with E-state index in [1.807, 2.05) is 0 Å². The van der Waals surface area contributed by atoms with Crippen LogP contribution >= 0.6 is 0 Å². The molecule has 0 bridgehead atoms. The smallest absolute Gasteiger partial charge is 0.0379 e. The van der Waals surface area contributed by atoms with Crippen LogP contribution in [0.15, 0.2) is 24.3 Å². The zero-order valence-electron chi connectivity index (χ0n) is 7.59. The van der Waals surface area contributed by atoms with Crippen LogP contribution in [-0.4, -0.2) is 19.1 Å². The molecule has 68 valence electrons. The molecule has 0 aliphatic carbocycles. The second-order valence-electron chi connectivity index (χ2n) is 3.94. The minimum atomic E-state index is 0.679. The molecule has 0 unspecified atom stereocenters. The van der Waals surface area contributed by atoms with Gasteiger partial charge in [-0.15, -0.1) is 0 Å². The van der Waals surface area contributed by atoms with Crippen LogP contribution in [0.5, 0.6) is 0 Å². The molecule has 1 aromatic rings. The summed E-state index contributed by atoms with van der Waals surface area (Å²) >= 11 is 0. The van der Waals surface area contributed by atoms with E-state index in [2.05, 4.69) is 34.9 Å². The van der Waals surface area contributed by atoms with Gasteiger partial charge in [-0.2, -0.15) is 0 Å². The molecule has 2 nitrogen and oxygen atoms in total. The van der Waals surface area contributed by atoms with E-state index in [1.54, 1.807) is 0 Å². The van der Waals surface area contributed by atoms with Crippen molar-refractivity contribution >= 4 is 5.69 Å². The van der Waals surface area contributed by atoms with E-state index in [0.717, 1.165) is 13.1 Å². The molecule has 2 heteroatoms. The average molecular weight is 174 g/mol. The van der Waals surface area contributed by atoms with Crippen molar-refractivity contribution in [1.82, 2.24) is 5.32 Å². The number of fused-ring (bicyclic) bond motifs is 3. The zero-order chi connectivity index (χ0) is 8.67. The molecule has 13 heavy (non-hydrogen) atoms. The average Bonchev–Trinajstić information content (AvgIpc) is 2.56. The van der Waals surface area contributed by atoms with E-state index in [0.29, 0.717) is 12.0 Å². The first-order valence-corrected chi connectivity index (χ1v) is 5.01. The molecule has 1 aromatic carbocycles. The highest BCUT2D eigenvalue weighted by Gasteiger charge is 2.33. The van der Waals surface area contributed by atoms with Gasteiger partial charge in [0.15, 0.2) is 0 Å². The number of anilines is 1. The second-order valence-corrected chi connectivity index (χ2v) is 3.94. The van der Waals surface area contributed by atoms with Crippen molar-refractivity contribution in [3.8, 4) is 0 Å². The highest BCUT2D eigenvalue weighted by Crippen LogP contribution is 2.37. The largest absolute Gasteiger partial charge is 0.381 e. The predicted octanol–water partition coefficient (Wildman–Crippen LogP) is 1.56. The molecule has 1 saturated heterocycles. The molecule has 2 heterocycles. The third-order valence-electron chi connectivity index (χ3n) is 3.18. The summed E-state index contributed by atoms with van der Waals surface area (Å²) in [5.41, 5.74) is 2.85. The summed E-state index contributed by atoms with van der Waals surface area (Å²) in [5, 5.41) is 7.05. The topological polar surface area (TPSA) is 24.1 Å². The second kappa shape index (κ2) is 2.74. The molecule has 0 radical (unpaired) electrons. The van der Waals surface area contributed by atoms with Crippen LogP contribution in [0.3, 0.4) is 0 Å². The lowest BCUT2D eigenvalue weighted by Gasteiger charge is -2.26. The maximum atomic E-state index is 3.60. The van der Waals surface area contributed by atoms with Crippen LogP contribution in [-0.2, 0) is 0 Å². The Morgan fingerprint density at radius 2 is 2.15 bits per heavy atom. The van der Waals surface area contributed by atoms with Crippen LogP contribution in [0.4, 0.5) is 5.69 Å². The maximum Gasteiger partial charge on any atom is 0.0379 e. The van der Waals surface area contributed by atoms with E-state index in [1.165, 1.54) is 17.7 Å². The number of hydrogen-bond donors (Lipinski definition) is 2. The van der Waals surface area contributed by atoms with Crippen molar-refractivity contribution in [3.05, 3.63) is 29.8 Å². The van der Waals surface area contributed by atoms with Gasteiger partial charge in [0.2, 0.25) is 0 Å². The molecule has 2 aliphatic rings. The van der Waals surface area contributed by atoms with Crippen molar-refractivity contribution in [1.29, 1.82) is 0 Å². The molecule has 0 amide bonds. The summed E-state index contributed by atoms with van der Waals surface area (Å²) in [6.45, 7) is 2.29. The fraction of sp³-hybridized carbons (Fsp3) is 0.455. The van der Waals surface area contributed by atoms with Crippen molar-refractivity contribution in [3.63, 3.8) is 0 Å². The third-order valence-corrected chi connectivity index (χ3v) is 3.18.